The second-order valence-corrected chi connectivity index (χ2v) is 7.56. The largest absolute Gasteiger partial charge is 0.348 e. The number of allylic oxidation sites excluding steroid dienone is 5. The van der Waals surface area contributed by atoms with Gasteiger partial charge in [0.15, 0.2) is 0 Å². The second kappa shape index (κ2) is 6.21. The smallest absolute Gasteiger partial charge is 0.321 e. The van der Waals surface area contributed by atoms with Crippen molar-refractivity contribution >= 4 is 7.60 Å². The van der Waals surface area contributed by atoms with Gasteiger partial charge in [-0.2, -0.15) is 0 Å². The third kappa shape index (κ3) is 5.48. The van der Waals surface area contributed by atoms with Gasteiger partial charge in [0.05, 0.1) is 0 Å². The lowest BCUT2D eigenvalue weighted by atomic mass is 9.72. The van der Waals surface area contributed by atoms with Crippen LogP contribution in [0, 0.1) is 11.3 Å². The van der Waals surface area contributed by atoms with Crippen LogP contribution in [-0.2, 0) is 4.57 Å². The minimum absolute atomic E-state index is 0.0191. The SMILES string of the molecule is CC1=C(/C=C/C(C)/C=C/P(=O)(O)O)C(C)(C)CCC1. The van der Waals surface area contributed by atoms with E-state index in [4.69, 9.17) is 9.79 Å². The monoisotopic (exact) mass is 284 g/mol. The molecule has 0 saturated carbocycles. The summed E-state index contributed by atoms with van der Waals surface area (Å²) < 4.78 is 10.8. The topological polar surface area (TPSA) is 57.5 Å². The fourth-order valence-corrected chi connectivity index (χ4v) is 3.07. The van der Waals surface area contributed by atoms with E-state index >= 15 is 0 Å². The summed E-state index contributed by atoms with van der Waals surface area (Å²) in [6, 6.07) is 0. The van der Waals surface area contributed by atoms with Crippen molar-refractivity contribution in [1.82, 2.24) is 0 Å². The van der Waals surface area contributed by atoms with Gasteiger partial charge < -0.3 is 9.79 Å². The Bertz CT molecular complexity index is 452. The zero-order valence-corrected chi connectivity index (χ0v) is 13.2. The maximum absolute atomic E-state index is 10.8. The first-order valence-electron chi connectivity index (χ1n) is 6.75. The fraction of sp³-hybridized carbons (Fsp3) is 0.600. The van der Waals surface area contributed by atoms with Crippen molar-refractivity contribution in [2.75, 3.05) is 0 Å². The molecule has 0 spiro atoms. The lowest BCUT2D eigenvalue weighted by Gasteiger charge is -2.33. The molecule has 19 heavy (non-hydrogen) atoms. The molecule has 108 valence electrons. The summed E-state index contributed by atoms with van der Waals surface area (Å²) in [7, 11) is -4.04. The molecule has 0 radical (unpaired) electrons. The quantitative estimate of drug-likeness (QED) is 0.752. The van der Waals surface area contributed by atoms with E-state index in [1.165, 1.54) is 24.0 Å². The minimum Gasteiger partial charge on any atom is -0.321 e. The van der Waals surface area contributed by atoms with Crippen LogP contribution >= 0.6 is 7.60 Å². The van der Waals surface area contributed by atoms with Crippen molar-refractivity contribution in [3.8, 4) is 0 Å². The molecule has 1 aliphatic carbocycles. The summed E-state index contributed by atoms with van der Waals surface area (Å²) in [6.07, 6.45) is 9.28. The maximum Gasteiger partial charge on any atom is 0.348 e. The molecule has 0 aliphatic heterocycles. The highest BCUT2D eigenvalue weighted by atomic mass is 31.2. The minimum atomic E-state index is -4.04. The lowest BCUT2D eigenvalue weighted by Crippen LogP contribution is -2.19. The Morgan fingerprint density at radius 2 is 1.95 bits per heavy atom. The van der Waals surface area contributed by atoms with Crippen molar-refractivity contribution in [2.45, 2.75) is 47.0 Å². The van der Waals surface area contributed by atoms with Crippen molar-refractivity contribution in [3.63, 3.8) is 0 Å². The maximum atomic E-state index is 10.8. The second-order valence-electron chi connectivity index (χ2n) is 6.08. The Morgan fingerprint density at radius 1 is 1.32 bits per heavy atom. The molecule has 0 amide bonds. The summed E-state index contributed by atoms with van der Waals surface area (Å²) in [5.41, 5.74) is 3.00. The van der Waals surface area contributed by atoms with Gasteiger partial charge in [-0.1, -0.05) is 44.6 Å². The van der Waals surface area contributed by atoms with Crippen LogP contribution in [0.5, 0.6) is 0 Å². The summed E-state index contributed by atoms with van der Waals surface area (Å²) >= 11 is 0. The average Bonchev–Trinajstić information content (AvgIpc) is 2.23. The van der Waals surface area contributed by atoms with Gasteiger partial charge in [-0.3, -0.25) is 4.57 Å². The van der Waals surface area contributed by atoms with Gasteiger partial charge in [0.25, 0.3) is 0 Å². The highest BCUT2D eigenvalue weighted by Crippen LogP contribution is 2.41. The molecule has 0 aromatic rings. The first-order valence-corrected chi connectivity index (χ1v) is 8.43. The van der Waals surface area contributed by atoms with E-state index < -0.39 is 7.60 Å². The third-order valence-corrected chi connectivity index (χ3v) is 4.25. The predicted molar refractivity (Wildman–Crippen MR) is 79.8 cm³/mol. The normalized spacial score (nSPS) is 22.4. The zero-order chi connectivity index (χ0) is 14.7. The molecule has 1 rings (SSSR count). The highest BCUT2D eigenvalue weighted by molar-refractivity contribution is 7.55. The molecule has 2 N–H and O–H groups in total. The first kappa shape index (κ1) is 16.4. The number of rotatable bonds is 4. The Labute approximate surface area is 116 Å². The van der Waals surface area contributed by atoms with Gasteiger partial charge in [-0.25, -0.2) is 0 Å². The van der Waals surface area contributed by atoms with Crippen LogP contribution in [-0.4, -0.2) is 9.79 Å². The Morgan fingerprint density at radius 3 is 2.47 bits per heavy atom. The van der Waals surface area contributed by atoms with E-state index in [-0.39, 0.29) is 11.3 Å². The van der Waals surface area contributed by atoms with E-state index in [9.17, 15) is 4.57 Å². The summed E-state index contributed by atoms with van der Waals surface area (Å²) in [5, 5.41) is 0. The molecular formula is C15H25O3P. The van der Waals surface area contributed by atoms with Crippen LogP contribution in [0.2, 0.25) is 0 Å². The summed E-state index contributed by atoms with van der Waals surface area (Å²) in [5.74, 6) is 1.00. The van der Waals surface area contributed by atoms with Crippen molar-refractivity contribution in [2.24, 2.45) is 11.3 Å². The summed E-state index contributed by atoms with van der Waals surface area (Å²) in [4.78, 5) is 17.6. The average molecular weight is 284 g/mol. The van der Waals surface area contributed by atoms with Gasteiger partial charge in [0.2, 0.25) is 0 Å². The molecule has 1 atom stereocenters. The van der Waals surface area contributed by atoms with Gasteiger partial charge in [-0.05, 0) is 43.1 Å². The van der Waals surface area contributed by atoms with Crippen molar-refractivity contribution in [1.29, 1.82) is 0 Å². The molecule has 3 nitrogen and oxygen atoms in total. The van der Waals surface area contributed by atoms with E-state index in [2.05, 4.69) is 26.8 Å². The molecule has 0 saturated heterocycles. The van der Waals surface area contributed by atoms with Crippen molar-refractivity contribution in [3.05, 3.63) is 35.2 Å². The van der Waals surface area contributed by atoms with Gasteiger partial charge >= 0.3 is 7.60 Å². The molecular weight excluding hydrogens is 259 g/mol. The van der Waals surface area contributed by atoms with Gasteiger partial charge in [-0.15, -0.1) is 0 Å². The molecule has 0 fully saturated rings. The fourth-order valence-electron chi connectivity index (χ4n) is 2.57. The van der Waals surface area contributed by atoms with Crippen LogP contribution in [0.15, 0.2) is 35.2 Å². The molecule has 1 aliphatic rings. The van der Waals surface area contributed by atoms with E-state index in [1.807, 2.05) is 13.0 Å². The lowest BCUT2D eigenvalue weighted by molar-refractivity contribution is 0.376. The first-order chi connectivity index (χ1) is 8.62. The van der Waals surface area contributed by atoms with Crippen LogP contribution < -0.4 is 0 Å². The van der Waals surface area contributed by atoms with E-state index in [1.54, 1.807) is 6.08 Å². The zero-order valence-electron chi connectivity index (χ0n) is 12.3. The molecule has 0 aromatic heterocycles. The Hall–Kier alpha value is -0.630. The third-order valence-electron chi connectivity index (χ3n) is 3.69. The van der Waals surface area contributed by atoms with Crippen LogP contribution in [0.4, 0.5) is 0 Å². The van der Waals surface area contributed by atoms with Crippen LogP contribution in [0.3, 0.4) is 0 Å². The predicted octanol–water partition coefficient (Wildman–Crippen LogP) is 4.40. The Kier molecular flexibility index (Phi) is 5.37. The van der Waals surface area contributed by atoms with Crippen LogP contribution in [0.1, 0.15) is 47.0 Å². The summed E-state index contributed by atoms with van der Waals surface area (Å²) in [6.45, 7) is 8.61. The number of hydrogen-bond donors (Lipinski definition) is 2. The van der Waals surface area contributed by atoms with Gasteiger partial charge in [0, 0.05) is 5.82 Å². The number of hydrogen-bond acceptors (Lipinski definition) is 1. The highest BCUT2D eigenvalue weighted by Gasteiger charge is 2.26. The van der Waals surface area contributed by atoms with E-state index in [0.717, 1.165) is 12.2 Å². The van der Waals surface area contributed by atoms with E-state index in [0.29, 0.717) is 0 Å². The van der Waals surface area contributed by atoms with Crippen LogP contribution in [0.25, 0.3) is 0 Å². The van der Waals surface area contributed by atoms with Gasteiger partial charge in [0.1, 0.15) is 0 Å². The van der Waals surface area contributed by atoms with Crippen molar-refractivity contribution < 1.29 is 14.4 Å². The molecule has 0 aromatic carbocycles. The molecule has 0 heterocycles. The molecule has 0 bridgehead atoms. The molecule has 1 unspecified atom stereocenters. The standard InChI is InChI=1S/C15H25O3P/c1-12(9-11-19(16,17)18)7-8-14-13(2)6-5-10-15(14,3)4/h7-9,11-12H,5-6,10H2,1-4H3,(H2,16,17,18)/b8-7+,11-9+. The molecule has 4 heteroatoms. The Balaban J connectivity index is 2.81.